The zero-order valence-electron chi connectivity index (χ0n) is 11.9. The largest absolute Gasteiger partial charge is 0.372 e. The first-order chi connectivity index (χ1) is 9.23. The van der Waals surface area contributed by atoms with E-state index in [4.69, 9.17) is 9.47 Å². The molecule has 0 unspecified atom stereocenters. The molecular weight excluding hydrogens is 242 g/mol. The van der Waals surface area contributed by atoms with Crippen LogP contribution in [0.2, 0.25) is 0 Å². The predicted octanol–water partition coefficient (Wildman–Crippen LogP) is 0.996. The molecule has 0 saturated carbocycles. The quantitative estimate of drug-likeness (QED) is 0.825. The number of nitrogens with zero attached hydrogens (tertiary/aromatic N) is 2. The summed E-state index contributed by atoms with van der Waals surface area (Å²) in [5, 5.41) is 3.28. The SMILES string of the molecule is C[C@]1(CC2=NCCN2)OC[C@@H](CN2CCCCC2)O1. The molecule has 0 bridgehead atoms. The Morgan fingerprint density at radius 1 is 1.37 bits per heavy atom. The van der Waals surface area contributed by atoms with E-state index < -0.39 is 5.79 Å². The fraction of sp³-hybridized carbons (Fsp3) is 0.929. The van der Waals surface area contributed by atoms with E-state index in [1.165, 1.54) is 32.4 Å². The van der Waals surface area contributed by atoms with Gasteiger partial charge in [0.1, 0.15) is 5.84 Å². The topological polar surface area (TPSA) is 46.1 Å². The standard InChI is InChI=1S/C14H25N3O2/c1-14(9-13-15-5-6-16-13)18-11-12(19-14)10-17-7-3-2-4-8-17/h12H,2-11H2,1H3,(H,15,16)/t12-,14+/m1/s1. The molecule has 108 valence electrons. The maximum Gasteiger partial charge on any atom is 0.173 e. The van der Waals surface area contributed by atoms with Gasteiger partial charge in [0.05, 0.1) is 25.7 Å². The van der Waals surface area contributed by atoms with Gasteiger partial charge in [0.25, 0.3) is 0 Å². The van der Waals surface area contributed by atoms with Crippen molar-refractivity contribution in [1.29, 1.82) is 0 Å². The molecule has 0 aliphatic carbocycles. The van der Waals surface area contributed by atoms with Gasteiger partial charge in [-0.1, -0.05) is 6.42 Å². The molecule has 0 amide bonds. The highest BCUT2D eigenvalue weighted by Gasteiger charge is 2.39. The number of hydrogen-bond donors (Lipinski definition) is 1. The molecule has 3 aliphatic heterocycles. The van der Waals surface area contributed by atoms with Gasteiger partial charge in [-0.2, -0.15) is 0 Å². The van der Waals surface area contributed by atoms with Gasteiger partial charge in [0.15, 0.2) is 5.79 Å². The van der Waals surface area contributed by atoms with Crippen molar-refractivity contribution in [3.05, 3.63) is 0 Å². The second-order valence-corrected chi connectivity index (χ2v) is 5.98. The van der Waals surface area contributed by atoms with E-state index in [-0.39, 0.29) is 6.10 Å². The molecule has 5 nitrogen and oxygen atoms in total. The zero-order chi connectivity index (χ0) is 13.1. The highest BCUT2D eigenvalue weighted by molar-refractivity contribution is 5.84. The molecular formula is C14H25N3O2. The third-order valence-electron chi connectivity index (χ3n) is 4.13. The van der Waals surface area contributed by atoms with E-state index in [1.54, 1.807) is 0 Å². The van der Waals surface area contributed by atoms with Crippen molar-refractivity contribution in [1.82, 2.24) is 10.2 Å². The van der Waals surface area contributed by atoms with Crippen LogP contribution in [0, 0.1) is 0 Å². The molecule has 2 saturated heterocycles. The minimum absolute atomic E-state index is 0.213. The maximum atomic E-state index is 6.13. The number of amidine groups is 1. The lowest BCUT2D eigenvalue weighted by Crippen LogP contribution is -2.39. The van der Waals surface area contributed by atoms with Crippen molar-refractivity contribution in [2.75, 3.05) is 39.3 Å². The lowest BCUT2D eigenvalue weighted by atomic mass is 10.1. The van der Waals surface area contributed by atoms with Crippen LogP contribution in [0.4, 0.5) is 0 Å². The highest BCUT2D eigenvalue weighted by Crippen LogP contribution is 2.28. The molecule has 0 aromatic heterocycles. The summed E-state index contributed by atoms with van der Waals surface area (Å²) in [5.74, 6) is 0.539. The van der Waals surface area contributed by atoms with E-state index in [2.05, 4.69) is 15.2 Å². The maximum absolute atomic E-state index is 6.13. The van der Waals surface area contributed by atoms with Crippen molar-refractivity contribution < 1.29 is 9.47 Å². The van der Waals surface area contributed by atoms with Crippen molar-refractivity contribution in [2.24, 2.45) is 4.99 Å². The number of aliphatic imine (C=N–C) groups is 1. The Hall–Kier alpha value is -0.650. The number of ether oxygens (including phenoxy) is 2. The van der Waals surface area contributed by atoms with Gasteiger partial charge in [0.2, 0.25) is 0 Å². The fourth-order valence-electron chi connectivity index (χ4n) is 3.17. The molecule has 19 heavy (non-hydrogen) atoms. The lowest BCUT2D eigenvalue weighted by Gasteiger charge is -2.29. The van der Waals surface area contributed by atoms with Gasteiger partial charge >= 0.3 is 0 Å². The fourth-order valence-corrected chi connectivity index (χ4v) is 3.17. The van der Waals surface area contributed by atoms with Crippen molar-refractivity contribution >= 4 is 5.84 Å². The van der Waals surface area contributed by atoms with Gasteiger partial charge in [-0.25, -0.2) is 0 Å². The van der Waals surface area contributed by atoms with E-state index in [9.17, 15) is 0 Å². The van der Waals surface area contributed by atoms with Crippen LogP contribution in [0.5, 0.6) is 0 Å². The number of piperidine rings is 1. The molecule has 1 N–H and O–H groups in total. The number of likely N-dealkylation sites (tertiary alicyclic amines) is 1. The van der Waals surface area contributed by atoms with Crippen LogP contribution in [0.25, 0.3) is 0 Å². The molecule has 2 fully saturated rings. The van der Waals surface area contributed by atoms with Crippen LogP contribution in [-0.4, -0.2) is 62.0 Å². The van der Waals surface area contributed by atoms with E-state index in [0.29, 0.717) is 6.61 Å². The number of hydrogen-bond acceptors (Lipinski definition) is 5. The van der Waals surface area contributed by atoms with Crippen molar-refractivity contribution in [3.8, 4) is 0 Å². The number of rotatable bonds is 4. The summed E-state index contributed by atoms with van der Waals surface area (Å²) in [6.07, 6.45) is 4.98. The number of nitrogens with one attached hydrogen (secondary N) is 1. The molecule has 3 heterocycles. The van der Waals surface area contributed by atoms with Crippen LogP contribution in [0.1, 0.15) is 32.6 Å². The summed E-state index contributed by atoms with van der Waals surface area (Å²) in [4.78, 5) is 6.93. The Bertz CT molecular complexity index is 342. The first kappa shape index (κ1) is 13.3. The van der Waals surface area contributed by atoms with Gasteiger partial charge in [-0.05, 0) is 32.9 Å². The van der Waals surface area contributed by atoms with Crippen LogP contribution in [0.3, 0.4) is 0 Å². The molecule has 0 aromatic carbocycles. The van der Waals surface area contributed by atoms with Crippen LogP contribution in [0.15, 0.2) is 4.99 Å². The van der Waals surface area contributed by atoms with E-state index in [0.717, 1.165) is 31.9 Å². The van der Waals surface area contributed by atoms with Crippen LogP contribution < -0.4 is 5.32 Å². The smallest absolute Gasteiger partial charge is 0.173 e. The molecule has 0 radical (unpaired) electrons. The molecule has 0 aromatic rings. The Labute approximate surface area is 115 Å². The molecule has 2 atom stereocenters. The van der Waals surface area contributed by atoms with Gasteiger partial charge < -0.3 is 19.7 Å². The summed E-state index contributed by atoms with van der Waals surface area (Å²) in [6, 6.07) is 0. The zero-order valence-corrected chi connectivity index (χ0v) is 11.9. The molecule has 3 rings (SSSR count). The third kappa shape index (κ3) is 3.46. The summed E-state index contributed by atoms with van der Waals surface area (Å²) in [7, 11) is 0. The first-order valence-electron chi connectivity index (χ1n) is 7.55. The van der Waals surface area contributed by atoms with Crippen LogP contribution in [-0.2, 0) is 9.47 Å². The lowest BCUT2D eigenvalue weighted by molar-refractivity contribution is -0.149. The highest BCUT2D eigenvalue weighted by atomic mass is 16.7. The van der Waals surface area contributed by atoms with Gasteiger partial charge in [-0.15, -0.1) is 0 Å². The normalized spacial score (nSPS) is 36.3. The van der Waals surface area contributed by atoms with E-state index in [1.807, 2.05) is 6.92 Å². The average Bonchev–Trinajstić information content (AvgIpc) is 3.02. The summed E-state index contributed by atoms with van der Waals surface area (Å²) >= 11 is 0. The minimum Gasteiger partial charge on any atom is -0.372 e. The van der Waals surface area contributed by atoms with Crippen molar-refractivity contribution in [2.45, 2.75) is 44.5 Å². The monoisotopic (exact) mass is 267 g/mol. The van der Waals surface area contributed by atoms with Crippen LogP contribution >= 0.6 is 0 Å². The molecule has 3 aliphatic rings. The first-order valence-corrected chi connectivity index (χ1v) is 7.55. The third-order valence-corrected chi connectivity index (χ3v) is 4.13. The summed E-state index contributed by atoms with van der Waals surface area (Å²) < 4.78 is 12.0. The minimum atomic E-state index is -0.489. The predicted molar refractivity (Wildman–Crippen MR) is 74.4 cm³/mol. The Morgan fingerprint density at radius 3 is 2.95 bits per heavy atom. The van der Waals surface area contributed by atoms with Gasteiger partial charge in [0, 0.05) is 13.1 Å². The van der Waals surface area contributed by atoms with Gasteiger partial charge in [-0.3, -0.25) is 4.99 Å². The van der Waals surface area contributed by atoms with E-state index >= 15 is 0 Å². The van der Waals surface area contributed by atoms with Crippen molar-refractivity contribution in [3.63, 3.8) is 0 Å². The second-order valence-electron chi connectivity index (χ2n) is 5.98. The Balaban J connectivity index is 1.48. The molecule has 5 heteroatoms. The summed E-state index contributed by atoms with van der Waals surface area (Å²) in [6.45, 7) is 8.00. The summed E-state index contributed by atoms with van der Waals surface area (Å²) in [5.41, 5.74) is 0. The second kappa shape index (κ2) is 5.77. The Kier molecular flexibility index (Phi) is 4.05. The Morgan fingerprint density at radius 2 is 2.21 bits per heavy atom. The molecule has 0 spiro atoms. The average molecular weight is 267 g/mol.